The summed E-state index contributed by atoms with van der Waals surface area (Å²) >= 11 is 5.89. The Morgan fingerprint density at radius 3 is 2.32 bits per heavy atom. The first-order valence-electron chi connectivity index (χ1n) is 7.60. The maximum atomic E-state index is 12.2. The summed E-state index contributed by atoms with van der Waals surface area (Å²) in [6.45, 7) is 1.63. The lowest BCUT2D eigenvalue weighted by Gasteiger charge is -2.15. The Morgan fingerprint density at radius 1 is 1.08 bits per heavy atom. The fraction of sp³-hybridized carbons (Fsp3) is 0.222. The second-order valence-electron chi connectivity index (χ2n) is 5.27. The molecule has 0 saturated carbocycles. The Hall–Kier alpha value is -2.57. The van der Waals surface area contributed by atoms with Crippen LogP contribution in [0.1, 0.15) is 6.92 Å². The van der Waals surface area contributed by atoms with Crippen LogP contribution >= 0.6 is 11.6 Å². The van der Waals surface area contributed by atoms with Crippen LogP contribution in [-0.2, 0) is 14.3 Å². The lowest BCUT2D eigenvalue weighted by atomic mass is 10.2. The van der Waals surface area contributed by atoms with Crippen molar-refractivity contribution in [3.05, 3.63) is 53.6 Å². The van der Waals surface area contributed by atoms with Crippen LogP contribution in [0.15, 0.2) is 48.5 Å². The van der Waals surface area contributed by atoms with Crippen LogP contribution in [0.5, 0.6) is 5.75 Å². The van der Waals surface area contributed by atoms with E-state index in [1.165, 1.54) is 7.11 Å². The lowest BCUT2D eigenvalue weighted by Crippen LogP contribution is -2.30. The number of benzene rings is 2. The summed E-state index contributed by atoms with van der Waals surface area (Å²) < 4.78 is 10.3. The maximum absolute atomic E-state index is 12.2. The van der Waals surface area contributed by atoms with E-state index in [1.807, 2.05) is 0 Å². The van der Waals surface area contributed by atoms with E-state index in [4.69, 9.17) is 21.1 Å². The van der Waals surface area contributed by atoms with Gasteiger partial charge in [0.15, 0.2) is 6.10 Å². The van der Waals surface area contributed by atoms with Gasteiger partial charge in [-0.25, -0.2) is 0 Å². The SMILES string of the molecule is COCC(=O)Nc1ccc(NC(=O)C(C)Oc2cccc(Cl)c2)cc1. The van der Waals surface area contributed by atoms with Crippen molar-refractivity contribution in [2.45, 2.75) is 13.0 Å². The molecule has 0 saturated heterocycles. The summed E-state index contributed by atoms with van der Waals surface area (Å²) in [4.78, 5) is 23.6. The zero-order valence-electron chi connectivity index (χ0n) is 13.9. The number of hydrogen-bond donors (Lipinski definition) is 2. The number of rotatable bonds is 7. The molecule has 2 amide bonds. The first kappa shape index (κ1) is 18.8. The predicted octanol–water partition coefficient (Wildman–Crippen LogP) is 3.33. The number of carbonyl (C=O) groups excluding carboxylic acids is 2. The minimum absolute atomic E-state index is 0.0170. The molecule has 0 aliphatic rings. The van der Waals surface area contributed by atoms with Gasteiger partial charge in [-0.1, -0.05) is 17.7 Å². The summed E-state index contributed by atoms with van der Waals surface area (Å²) in [6, 6.07) is 13.6. The molecule has 6 nitrogen and oxygen atoms in total. The van der Waals surface area contributed by atoms with Gasteiger partial charge in [-0.15, -0.1) is 0 Å². The van der Waals surface area contributed by atoms with E-state index in [0.29, 0.717) is 22.1 Å². The molecule has 1 unspecified atom stereocenters. The third-order valence-electron chi connectivity index (χ3n) is 3.19. The highest BCUT2D eigenvalue weighted by molar-refractivity contribution is 6.30. The fourth-order valence-corrected chi connectivity index (χ4v) is 2.19. The number of nitrogens with one attached hydrogen (secondary N) is 2. The number of carbonyl (C=O) groups is 2. The average molecular weight is 363 g/mol. The second kappa shape index (κ2) is 9.05. The molecule has 2 aromatic rings. The van der Waals surface area contributed by atoms with E-state index in [9.17, 15) is 9.59 Å². The van der Waals surface area contributed by atoms with Crippen LogP contribution in [-0.4, -0.2) is 31.6 Å². The summed E-state index contributed by atoms with van der Waals surface area (Å²) in [5.74, 6) is -0.0228. The van der Waals surface area contributed by atoms with Crippen molar-refractivity contribution in [3.8, 4) is 5.75 Å². The van der Waals surface area contributed by atoms with Gasteiger partial charge >= 0.3 is 0 Å². The van der Waals surface area contributed by atoms with E-state index in [-0.39, 0.29) is 18.4 Å². The Bertz CT molecular complexity index is 734. The Labute approximate surface area is 151 Å². The monoisotopic (exact) mass is 362 g/mol. The highest BCUT2D eigenvalue weighted by Crippen LogP contribution is 2.19. The Balaban J connectivity index is 1.90. The first-order chi connectivity index (χ1) is 12.0. The summed E-state index contributed by atoms with van der Waals surface area (Å²) in [7, 11) is 1.45. The van der Waals surface area contributed by atoms with Crippen LogP contribution in [0.2, 0.25) is 5.02 Å². The van der Waals surface area contributed by atoms with Crippen molar-refractivity contribution in [3.63, 3.8) is 0 Å². The Morgan fingerprint density at radius 2 is 1.72 bits per heavy atom. The van der Waals surface area contributed by atoms with E-state index < -0.39 is 6.10 Å². The number of methoxy groups -OCH3 is 1. The molecule has 0 heterocycles. The van der Waals surface area contributed by atoms with Crippen LogP contribution < -0.4 is 15.4 Å². The van der Waals surface area contributed by atoms with E-state index in [2.05, 4.69) is 10.6 Å². The van der Waals surface area contributed by atoms with Crippen molar-refractivity contribution in [2.24, 2.45) is 0 Å². The number of anilines is 2. The molecular formula is C18H19ClN2O4. The van der Waals surface area contributed by atoms with Gasteiger partial charge < -0.3 is 20.1 Å². The summed E-state index contributed by atoms with van der Waals surface area (Å²) in [6.07, 6.45) is -0.695. The van der Waals surface area contributed by atoms with Crippen molar-refractivity contribution >= 4 is 34.8 Å². The van der Waals surface area contributed by atoms with Gasteiger partial charge in [-0.3, -0.25) is 9.59 Å². The fourth-order valence-electron chi connectivity index (χ4n) is 2.01. The molecule has 7 heteroatoms. The second-order valence-corrected chi connectivity index (χ2v) is 5.70. The van der Waals surface area contributed by atoms with Crippen molar-refractivity contribution in [1.82, 2.24) is 0 Å². The normalized spacial score (nSPS) is 11.5. The van der Waals surface area contributed by atoms with Gasteiger partial charge in [0, 0.05) is 23.5 Å². The smallest absolute Gasteiger partial charge is 0.265 e. The van der Waals surface area contributed by atoms with Crippen molar-refractivity contribution < 1.29 is 19.1 Å². The number of ether oxygens (including phenoxy) is 2. The molecule has 2 aromatic carbocycles. The maximum Gasteiger partial charge on any atom is 0.265 e. The third kappa shape index (κ3) is 6.10. The molecule has 0 aromatic heterocycles. The predicted molar refractivity (Wildman–Crippen MR) is 97.1 cm³/mol. The molecule has 0 bridgehead atoms. The molecule has 1 atom stereocenters. The van der Waals surface area contributed by atoms with Crippen LogP contribution in [0, 0.1) is 0 Å². The van der Waals surface area contributed by atoms with Gasteiger partial charge in [0.25, 0.3) is 5.91 Å². The number of amides is 2. The molecule has 132 valence electrons. The van der Waals surface area contributed by atoms with Gasteiger partial charge in [-0.05, 0) is 49.4 Å². The van der Waals surface area contributed by atoms with E-state index >= 15 is 0 Å². The molecule has 25 heavy (non-hydrogen) atoms. The van der Waals surface area contributed by atoms with E-state index in [0.717, 1.165) is 0 Å². The minimum Gasteiger partial charge on any atom is -0.481 e. The zero-order valence-corrected chi connectivity index (χ0v) is 14.7. The molecule has 0 spiro atoms. The van der Waals surface area contributed by atoms with Crippen LogP contribution in [0.25, 0.3) is 0 Å². The van der Waals surface area contributed by atoms with Crippen LogP contribution in [0.4, 0.5) is 11.4 Å². The van der Waals surface area contributed by atoms with Crippen LogP contribution in [0.3, 0.4) is 0 Å². The van der Waals surface area contributed by atoms with Gasteiger partial charge in [0.1, 0.15) is 12.4 Å². The topological polar surface area (TPSA) is 76.7 Å². The molecule has 2 rings (SSSR count). The van der Waals surface area contributed by atoms with E-state index in [1.54, 1.807) is 55.5 Å². The lowest BCUT2D eigenvalue weighted by molar-refractivity contribution is -0.122. The third-order valence-corrected chi connectivity index (χ3v) is 3.42. The van der Waals surface area contributed by atoms with Gasteiger partial charge in [-0.2, -0.15) is 0 Å². The highest BCUT2D eigenvalue weighted by atomic mass is 35.5. The van der Waals surface area contributed by atoms with Crippen molar-refractivity contribution in [1.29, 1.82) is 0 Å². The minimum atomic E-state index is -0.695. The van der Waals surface area contributed by atoms with Gasteiger partial charge in [0.05, 0.1) is 0 Å². The average Bonchev–Trinajstić information content (AvgIpc) is 2.57. The number of hydrogen-bond acceptors (Lipinski definition) is 4. The van der Waals surface area contributed by atoms with Gasteiger partial charge in [0.2, 0.25) is 5.91 Å². The summed E-state index contributed by atoms with van der Waals surface area (Å²) in [5.41, 5.74) is 1.21. The zero-order chi connectivity index (χ0) is 18.2. The highest BCUT2D eigenvalue weighted by Gasteiger charge is 2.15. The largest absolute Gasteiger partial charge is 0.481 e. The molecule has 0 fully saturated rings. The molecular weight excluding hydrogens is 344 g/mol. The Kier molecular flexibility index (Phi) is 6.80. The standard InChI is InChI=1S/C18H19ClN2O4/c1-12(25-16-5-3-4-13(19)10-16)18(23)21-15-8-6-14(7-9-15)20-17(22)11-24-2/h3-10,12H,11H2,1-2H3,(H,20,22)(H,21,23). The first-order valence-corrected chi connectivity index (χ1v) is 7.97. The number of halogens is 1. The quantitative estimate of drug-likeness (QED) is 0.792. The molecule has 0 aliphatic carbocycles. The van der Waals surface area contributed by atoms with Crippen molar-refractivity contribution in [2.75, 3.05) is 24.4 Å². The molecule has 0 radical (unpaired) electrons. The molecule has 0 aliphatic heterocycles. The summed E-state index contributed by atoms with van der Waals surface area (Å²) in [5, 5.41) is 5.96. The molecule has 2 N–H and O–H groups in total.